The first-order chi connectivity index (χ1) is 18.2. The Kier molecular flexibility index (Phi) is 43.2. The Bertz CT molecular complexity index is 810. The second-order valence-corrected chi connectivity index (χ2v) is 8.14. The summed E-state index contributed by atoms with van der Waals surface area (Å²) in [6.07, 6.45) is 8.40. The van der Waals surface area contributed by atoms with Gasteiger partial charge < -0.3 is 11.1 Å². The summed E-state index contributed by atoms with van der Waals surface area (Å²) in [7, 11) is 1.81. The molecule has 1 heterocycles. The largest absolute Gasteiger partial charge is 1.00 e. The molecule has 1 aromatic carbocycles. The number of hydrogen-bond acceptors (Lipinski definition) is 2. The van der Waals surface area contributed by atoms with E-state index in [0.29, 0.717) is 5.92 Å². The van der Waals surface area contributed by atoms with Crippen LogP contribution >= 0.6 is 0 Å². The summed E-state index contributed by atoms with van der Waals surface area (Å²) in [6, 6.07) is 14.4. The van der Waals surface area contributed by atoms with Crippen molar-refractivity contribution in [2.75, 3.05) is 7.05 Å². The first-order valence-electron chi connectivity index (χ1n) is 14.6. The van der Waals surface area contributed by atoms with Gasteiger partial charge in [-0.3, -0.25) is 4.98 Å². The maximum atomic E-state index is 5.84. The van der Waals surface area contributed by atoms with Gasteiger partial charge in [0.25, 0.3) is 0 Å². The number of unbranched alkanes of at least 4 members (excludes halogenated alkanes) is 1. The van der Waals surface area contributed by atoms with E-state index in [9.17, 15) is 0 Å². The van der Waals surface area contributed by atoms with Crippen molar-refractivity contribution in [3.05, 3.63) is 96.0 Å². The van der Waals surface area contributed by atoms with Crippen LogP contribution in [0.25, 0.3) is 16.6 Å². The van der Waals surface area contributed by atoms with Gasteiger partial charge in [0, 0.05) is 17.8 Å². The van der Waals surface area contributed by atoms with E-state index in [1.807, 2.05) is 105 Å². The molecule has 2 atom stereocenters. The first-order valence-corrected chi connectivity index (χ1v) is 14.6. The molecule has 2 rings (SSSR count). The summed E-state index contributed by atoms with van der Waals surface area (Å²) in [4.78, 5) is 4.31. The van der Waals surface area contributed by atoms with Crippen molar-refractivity contribution in [1.29, 1.82) is 0 Å². The summed E-state index contributed by atoms with van der Waals surface area (Å²) >= 11 is 0. The van der Waals surface area contributed by atoms with Crippen LogP contribution in [0.15, 0.2) is 85.1 Å². The molecule has 2 unspecified atom stereocenters. The summed E-state index contributed by atoms with van der Waals surface area (Å²) in [6.45, 7) is 32.4. The topological polar surface area (TPSA) is 53.0 Å². The fourth-order valence-corrected chi connectivity index (χ4v) is 2.48. The van der Waals surface area contributed by atoms with E-state index in [1.54, 1.807) is 6.20 Å². The number of aromatic nitrogens is 1. The summed E-state index contributed by atoms with van der Waals surface area (Å²) in [5.41, 5.74) is 11.3. The predicted molar refractivity (Wildman–Crippen MR) is 178 cm³/mol. The fraction of sp³-hybridized carbons (Fsp3) is 0.514. The molecule has 4 heteroatoms. The van der Waals surface area contributed by atoms with Crippen molar-refractivity contribution in [2.45, 2.75) is 108 Å². The van der Waals surface area contributed by atoms with E-state index >= 15 is 0 Å². The minimum absolute atomic E-state index is 0. The van der Waals surface area contributed by atoms with Crippen LogP contribution in [0.1, 0.15) is 108 Å². The number of likely N-dealkylation sites (N-methyl/N-ethyl adjacent to an activating group) is 1. The average molecular weight is 564 g/mol. The minimum Gasteiger partial charge on any atom is -0.659 e. The quantitative estimate of drug-likeness (QED) is 0.259. The second kappa shape index (κ2) is 35.2. The van der Waals surface area contributed by atoms with Gasteiger partial charge in [-0.1, -0.05) is 144 Å². The molecule has 0 fully saturated rings. The molecule has 0 saturated heterocycles. The van der Waals surface area contributed by atoms with Crippen LogP contribution < -0.4 is 57.1 Å². The fourth-order valence-electron chi connectivity index (χ4n) is 2.48. The van der Waals surface area contributed by atoms with Gasteiger partial charge in [-0.15, -0.1) is 6.04 Å². The zero-order valence-electron chi connectivity index (χ0n) is 28.3. The Labute approximate surface area is 287 Å². The normalized spacial score (nSPS) is 10.8. The molecular weight excluding hydrogens is 502 g/mol. The Morgan fingerprint density at radius 2 is 1.46 bits per heavy atom. The molecular formula is C35H62KN3. The van der Waals surface area contributed by atoms with Crippen LogP contribution in [0.4, 0.5) is 0 Å². The molecule has 39 heavy (non-hydrogen) atoms. The van der Waals surface area contributed by atoms with Gasteiger partial charge in [-0.2, -0.15) is 7.05 Å². The van der Waals surface area contributed by atoms with Crippen LogP contribution in [0.3, 0.4) is 0 Å². The van der Waals surface area contributed by atoms with Crippen LogP contribution in [-0.2, 0) is 0 Å². The molecule has 0 aliphatic rings. The van der Waals surface area contributed by atoms with Gasteiger partial charge in [-0.05, 0) is 42.2 Å². The van der Waals surface area contributed by atoms with Crippen molar-refractivity contribution >= 4 is 0 Å². The van der Waals surface area contributed by atoms with Crippen molar-refractivity contribution in [2.24, 2.45) is 11.7 Å². The minimum atomic E-state index is 0. The first kappa shape index (κ1) is 47.9. The number of nitrogens with zero attached hydrogens (tertiary/aromatic N) is 2. The monoisotopic (exact) mass is 563 g/mol. The standard InChI is InChI=1S/C13H14N2.C12H20N.C4H10.3C2H6.K/c1-10(14)11-5-4-6-12(9-11)13-7-2-3-8-15-13;1-7-12(9(2)3)8-10(4)11(5)13-6;1-3-4-2;3*1-2;/h2-10H,14H2,1H3;7-9,11H,1,4H2,2-3,5-6H3;3-4H2,1-2H3;3*1-2H3;/q;-1;;;;;+1/b;12-8+;;;;;. The van der Waals surface area contributed by atoms with E-state index in [4.69, 9.17) is 5.73 Å². The van der Waals surface area contributed by atoms with Crippen LogP contribution in [0.2, 0.25) is 0 Å². The van der Waals surface area contributed by atoms with E-state index < -0.39 is 0 Å². The van der Waals surface area contributed by atoms with Gasteiger partial charge >= 0.3 is 51.4 Å². The van der Waals surface area contributed by atoms with Gasteiger partial charge in [0.15, 0.2) is 0 Å². The number of nitrogens with two attached hydrogens (primary N) is 1. The van der Waals surface area contributed by atoms with Gasteiger partial charge in [0.2, 0.25) is 0 Å². The smallest absolute Gasteiger partial charge is 0.659 e. The van der Waals surface area contributed by atoms with E-state index in [2.05, 4.69) is 63.3 Å². The third-order valence-electron chi connectivity index (χ3n) is 5.05. The maximum Gasteiger partial charge on any atom is 1.00 e. The molecule has 0 spiro atoms. The molecule has 0 saturated carbocycles. The molecule has 1 aromatic heterocycles. The van der Waals surface area contributed by atoms with Crippen LogP contribution in [0, 0.1) is 5.92 Å². The van der Waals surface area contributed by atoms with Crippen LogP contribution in [0.5, 0.6) is 0 Å². The van der Waals surface area contributed by atoms with Crippen molar-refractivity contribution < 1.29 is 51.4 Å². The zero-order valence-corrected chi connectivity index (χ0v) is 31.4. The Hall–Kier alpha value is -0.854. The molecule has 0 aliphatic heterocycles. The summed E-state index contributed by atoms with van der Waals surface area (Å²) < 4.78 is 0. The molecule has 3 nitrogen and oxygen atoms in total. The number of pyridine rings is 1. The van der Waals surface area contributed by atoms with E-state index in [1.165, 1.54) is 18.4 Å². The Morgan fingerprint density at radius 3 is 1.82 bits per heavy atom. The number of benzene rings is 1. The van der Waals surface area contributed by atoms with Crippen LogP contribution in [-0.4, -0.2) is 18.1 Å². The van der Waals surface area contributed by atoms with E-state index in [-0.39, 0.29) is 63.5 Å². The Morgan fingerprint density at radius 1 is 0.923 bits per heavy atom. The van der Waals surface area contributed by atoms with Crippen molar-refractivity contribution in [3.63, 3.8) is 0 Å². The number of hydrogen-bond donors (Lipinski definition) is 1. The predicted octanol–water partition coefficient (Wildman–Crippen LogP) is 8.36. The summed E-state index contributed by atoms with van der Waals surface area (Å²) in [5, 5.41) is 4.16. The van der Waals surface area contributed by atoms with Gasteiger partial charge in [0.05, 0.1) is 5.69 Å². The Balaban J connectivity index is -0.000000147. The van der Waals surface area contributed by atoms with Gasteiger partial charge in [0.1, 0.15) is 0 Å². The maximum absolute atomic E-state index is 5.84. The SMILES string of the molecule is C=C/C(=C\C(=C)C(C)[N-]C)C(C)C.CC.CC.CC.CC(N)c1cccc(-c2ccccn2)c1.CCCC.[K+]. The second-order valence-electron chi connectivity index (χ2n) is 8.14. The third-order valence-corrected chi connectivity index (χ3v) is 5.05. The zero-order chi connectivity index (χ0) is 30.5. The molecule has 0 aliphatic carbocycles. The number of rotatable bonds is 8. The van der Waals surface area contributed by atoms with Gasteiger partial charge in [-0.25, -0.2) is 0 Å². The molecule has 2 N–H and O–H groups in total. The molecule has 0 bridgehead atoms. The third kappa shape index (κ3) is 25.8. The van der Waals surface area contributed by atoms with Crippen molar-refractivity contribution in [1.82, 2.24) is 4.98 Å². The molecule has 2 aromatic rings. The molecule has 0 radical (unpaired) electrons. The summed E-state index contributed by atoms with van der Waals surface area (Å²) in [5.74, 6) is 0.498. The average Bonchev–Trinajstić information content (AvgIpc) is 2.99. The van der Waals surface area contributed by atoms with E-state index in [0.717, 1.165) is 22.4 Å². The van der Waals surface area contributed by atoms with Crippen molar-refractivity contribution in [3.8, 4) is 11.3 Å². The molecule has 0 amide bonds. The molecule has 218 valence electrons. The number of allylic oxidation sites excluding steroid dienone is 2.